The van der Waals surface area contributed by atoms with Gasteiger partial charge in [0, 0.05) is 19.7 Å². The largest absolute Gasteiger partial charge is 0.377 e. The maximum Gasteiger partial charge on any atom is 0.0700 e. The summed E-state index contributed by atoms with van der Waals surface area (Å²) in [6, 6.07) is 10.3. The van der Waals surface area contributed by atoms with E-state index < -0.39 is 0 Å². The summed E-state index contributed by atoms with van der Waals surface area (Å²) in [5, 5.41) is 3.41. The van der Waals surface area contributed by atoms with Crippen molar-refractivity contribution in [2.75, 3.05) is 26.3 Å². The third kappa shape index (κ3) is 5.87. The molecule has 1 aliphatic heterocycles. The van der Waals surface area contributed by atoms with Crippen molar-refractivity contribution in [2.24, 2.45) is 0 Å². The molecule has 0 amide bonds. The van der Waals surface area contributed by atoms with E-state index in [1.54, 1.807) is 0 Å². The lowest BCUT2D eigenvalue weighted by molar-refractivity contribution is 0.0773. The SMILES string of the molecule is CC(CNCC1CCCO1)OCC=Cc1ccccc1. The molecule has 2 unspecified atom stereocenters. The summed E-state index contributed by atoms with van der Waals surface area (Å²) in [6.45, 7) is 5.48. The molecular weight excluding hydrogens is 250 g/mol. The Morgan fingerprint density at radius 1 is 1.40 bits per heavy atom. The molecule has 0 radical (unpaired) electrons. The molecule has 0 bridgehead atoms. The van der Waals surface area contributed by atoms with E-state index in [-0.39, 0.29) is 6.10 Å². The fraction of sp³-hybridized carbons (Fsp3) is 0.529. The Labute approximate surface area is 122 Å². The van der Waals surface area contributed by atoms with Gasteiger partial charge >= 0.3 is 0 Å². The molecule has 1 aliphatic rings. The third-order valence-corrected chi connectivity index (χ3v) is 3.41. The van der Waals surface area contributed by atoms with Crippen LogP contribution in [0, 0.1) is 0 Å². The average Bonchev–Trinajstić information content (AvgIpc) is 2.98. The third-order valence-electron chi connectivity index (χ3n) is 3.41. The van der Waals surface area contributed by atoms with Crippen LogP contribution in [0.15, 0.2) is 36.4 Å². The van der Waals surface area contributed by atoms with Gasteiger partial charge in [0.25, 0.3) is 0 Å². The molecule has 3 nitrogen and oxygen atoms in total. The van der Waals surface area contributed by atoms with Crippen LogP contribution in [0.3, 0.4) is 0 Å². The van der Waals surface area contributed by atoms with Crippen LogP contribution >= 0.6 is 0 Å². The Kier molecular flexibility index (Phi) is 6.78. The van der Waals surface area contributed by atoms with Gasteiger partial charge in [0.2, 0.25) is 0 Å². The minimum absolute atomic E-state index is 0.219. The van der Waals surface area contributed by atoms with Crippen LogP contribution in [0.4, 0.5) is 0 Å². The minimum Gasteiger partial charge on any atom is -0.377 e. The highest BCUT2D eigenvalue weighted by molar-refractivity contribution is 5.48. The van der Waals surface area contributed by atoms with Crippen LogP contribution < -0.4 is 5.32 Å². The maximum absolute atomic E-state index is 5.74. The van der Waals surface area contributed by atoms with Gasteiger partial charge < -0.3 is 14.8 Å². The molecule has 0 aliphatic carbocycles. The number of rotatable bonds is 8. The molecule has 1 aromatic rings. The molecule has 110 valence electrons. The first kappa shape index (κ1) is 15.2. The van der Waals surface area contributed by atoms with Gasteiger partial charge in [0.1, 0.15) is 0 Å². The number of nitrogens with one attached hydrogen (secondary N) is 1. The number of hydrogen-bond acceptors (Lipinski definition) is 3. The van der Waals surface area contributed by atoms with Crippen molar-refractivity contribution >= 4 is 6.08 Å². The molecule has 1 fully saturated rings. The van der Waals surface area contributed by atoms with Crippen molar-refractivity contribution in [1.29, 1.82) is 0 Å². The molecule has 2 atom stereocenters. The molecule has 1 saturated heterocycles. The van der Waals surface area contributed by atoms with Gasteiger partial charge in [-0.2, -0.15) is 0 Å². The lowest BCUT2D eigenvalue weighted by atomic mass is 10.2. The van der Waals surface area contributed by atoms with Gasteiger partial charge in [-0.1, -0.05) is 42.5 Å². The second-order valence-corrected chi connectivity index (χ2v) is 5.25. The fourth-order valence-corrected chi connectivity index (χ4v) is 2.28. The van der Waals surface area contributed by atoms with E-state index >= 15 is 0 Å². The molecule has 0 spiro atoms. The van der Waals surface area contributed by atoms with Crippen molar-refractivity contribution in [3.8, 4) is 0 Å². The number of hydrogen-bond donors (Lipinski definition) is 1. The first-order valence-electron chi connectivity index (χ1n) is 7.50. The van der Waals surface area contributed by atoms with Crippen LogP contribution in [0.2, 0.25) is 0 Å². The molecule has 1 N–H and O–H groups in total. The predicted molar refractivity (Wildman–Crippen MR) is 82.7 cm³/mol. The summed E-state index contributed by atoms with van der Waals surface area (Å²) in [4.78, 5) is 0. The topological polar surface area (TPSA) is 30.5 Å². The van der Waals surface area contributed by atoms with Crippen molar-refractivity contribution in [3.63, 3.8) is 0 Å². The highest BCUT2D eigenvalue weighted by Crippen LogP contribution is 2.10. The lowest BCUT2D eigenvalue weighted by Gasteiger charge is -2.15. The minimum atomic E-state index is 0.219. The standard InChI is InChI=1S/C17H25NO2/c1-15(13-18-14-17-10-6-12-20-17)19-11-5-9-16-7-3-2-4-8-16/h2-5,7-9,15,17-18H,6,10-14H2,1H3. The fourth-order valence-electron chi connectivity index (χ4n) is 2.28. The zero-order chi connectivity index (χ0) is 14.0. The van der Waals surface area contributed by atoms with Gasteiger partial charge in [-0.25, -0.2) is 0 Å². The number of ether oxygens (including phenoxy) is 2. The molecule has 2 rings (SSSR count). The van der Waals surface area contributed by atoms with Gasteiger partial charge in [-0.15, -0.1) is 0 Å². The summed E-state index contributed by atoms with van der Waals surface area (Å²) in [5.74, 6) is 0. The molecule has 0 saturated carbocycles. The van der Waals surface area contributed by atoms with Crippen molar-refractivity contribution in [1.82, 2.24) is 5.32 Å². The summed E-state index contributed by atoms with van der Waals surface area (Å²) in [6.07, 6.45) is 7.15. The van der Waals surface area contributed by atoms with E-state index in [2.05, 4.69) is 36.5 Å². The van der Waals surface area contributed by atoms with E-state index in [1.807, 2.05) is 18.2 Å². The molecule has 1 aromatic carbocycles. The smallest absolute Gasteiger partial charge is 0.0700 e. The van der Waals surface area contributed by atoms with Crippen molar-refractivity contribution < 1.29 is 9.47 Å². The van der Waals surface area contributed by atoms with Crippen LogP contribution in [0.5, 0.6) is 0 Å². The predicted octanol–water partition coefficient (Wildman–Crippen LogP) is 2.87. The van der Waals surface area contributed by atoms with Crippen molar-refractivity contribution in [3.05, 3.63) is 42.0 Å². The molecule has 0 aromatic heterocycles. The lowest BCUT2D eigenvalue weighted by Crippen LogP contribution is -2.33. The van der Waals surface area contributed by atoms with E-state index in [0.717, 1.165) is 19.7 Å². The average molecular weight is 275 g/mol. The summed E-state index contributed by atoms with van der Waals surface area (Å²) in [7, 11) is 0. The maximum atomic E-state index is 5.74. The zero-order valence-electron chi connectivity index (χ0n) is 12.3. The van der Waals surface area contributed by atoms with E-state index in [9.17, 15) is 0 Å². The highest BCUT2D eigenvalue weighted by Gasteiger charge is 2.14. The summed E-state index contributed by atoms with van der Waals surface area (Å²) < 4.78 is 11.3. The van der Waals surface area contributed by atoms with Crippen LogP contribution in [-0.2, 0) is 9.47 Å². The van der Waals surface area contributed by atoms with Gasteiger partial charge in [-0.05, 0) is 25.3 Å². The van der Waals surface area contributed by atoms with Crippen LogP contribution in [0.1, 0.15) is 25.3 Å². The number of benzene rings is 1. The zero-order valence-corrected chi connectivity index (χ0v) is 12.3. The Morgan fingerprint density at radius 3 is 3.00 bits per heavy atom. The van der Waals surface area contributed by atoms with Gasteiger partial charge in [0.15, 0.2) is 0 Å². The van der Waals surface area contributed by atoms with E-state index in [0.29, 0.717) is 12.7 Å². The Hall–Kier alpha value is -1.16. The molecular formula is C17H25NO2. The molecule has 20 heavy (non-hydrogen) atoms. The van der Waals surface area contributed by atoms with Crippen LogP contribution in [0.25, 0.3) is 6.08 Å². The molecule has 3 heteroatoms. The summed E-state index contributed by atoms with van der Waals surface area (Å²) >= 11 is 0. The summed E-state index contributed by atoms with van der Waals surface area (Å²) in [5.41, 5.74) is 1.21. The first-order valence-corrected chi connectivity index (χ1v) is 7.50. The second kappa shape index (κ2) is 8.90. The highest BCUT2D eigenvalue weighted by atomic mass is 16.5. The Bertz CT molecular complexity index is 385. The normalized spacial score (nSPS) is 20.6. The quantitative estimate of drug-likeness (QED) is 0.791. The van der Waals surface area contributed by atoms with E-state index in [1.165, 1.54) is 18.4 Å². The van der Waals surface area contributed by atoms with Gasteiger partial charge in [-0.3, -0.25) is 0 Å². The van der Waals surface area contributed by atoms with E-state index in [4.69, 9.17) is 9.47 Å². The second-order valence-electron chi connectivity index (χ2n) is 5.25. The van der Waals surface area contributed by atoms with Crippen LogP contribution in [-0.4, -0.2) is 38.5 Å². The Morgan fingerprint density at radius 2 is 2.25 bits per heavy atom. The van der Waals surface area contributed by atoms with Gasteiger partial charge in [0.05, 0.1) is 18.8 Å². The first-order chi connectivity index (χ1) is 9.84. The molecule has 1 heterocycles. The monoisotopic (exact) mass is 275 g/mol. The Balaban J connectivity index is 1.53. The van der Waals surface area contributed by atoms with Crippen molar-refractivity contribution in [2.45, 2.75) is 32.0 Å².